The van der Waals surface area contributed by atoms with Crippen LogP contribution in [0.5, 0.6) is 5.75 Å². The van der Waals surface area contributed by atoms with Crippen LogP contribution in [0.1, 0.15) is 22.7 Å². The first-order valence-corrected chi connectivity index (χ1v) is 10.2. The van der Waals surface area contributed by atoms with E-state index >= 15 is 0 Å². The van der Waals surface area contributed by atoms with Gasteiger partial charge in [-0.05, 0) is 66.9 Å². The zero-order chi connectivity index (χ0) is 21.7. The molecule has 5 rings (SSSR count). The van der Waals surface area contributed by atoms with Gasteiger partial charge in [-0.15, -0.1) is 0 Å². The molecule has 1 N–H and O–H groups in total. The van der Waals surface area contributed by atoms with Crippen molar-refractivity contribution in [1.82, 2.24) is 0 Å². The van der Waals surface area contributed by atoms with Crippen molar-refractivity contribution < 1.29 is 19.5 Å². The van der Waals surface area contributed by atoms with Gasteiger partial charge >= 0.3 is 0 Å². The van der Waals surface area contributed by atoms with E-state index in [9.17, 15) is 14.7 Å². The molecule has 0 aliphatic carbocycles. The summed E-state index contributed by atoms with van der Waals surface area (Å²) in [5.41, 5.74) is 4.21. The van der Waals surface area contributed by atoms with Crippen LogP contribution in [0.4, 0.5) is 11.4 Å². The minimum atomic E-state index is -0.909. The molecule has 3 aromatic carbocycles. The third-order valence-electron chi connectivity index (χ3n) is 6.11. The van der Waals surface area contributed by atoms with Crippen molar-refractivity contribution >= 4 is 23.2 Å². The molecule has 2 aliphatic heterocycles. The number of imide groups is 1. The topological polar surface area (TPSA) is 70.1 Å². The monoisotopic (exact) mass is 414 g/mol. The van der Waals surface area contributed by atoms with Gasteiger partial charge in [-0.2, -0.15) is 0 Å². The number of phenolic OH excluding ortho intramolecular Hbond substituents is 1. The van der Waals surface area contributed by atoms with Crippen LogP contribution >= 0.6 is 0 Å². The summed E-state index contributed by atoms with van der Waals surface area (Å²) in [7, 11) is 0. The molecule has 156 valence electrons. The molecular weight excluding hydrogens is 392 g/mol. The van der Waals surface area contributed by atoms with Gasteiger partial charge in [-0.1, -0.05) is 36.4 Å². The zero-order valence-electron chi connectivity index (χ0n) is 17.2. The van der Waals surface area contributed by atoms with Crippen molar-refractivity contribution in [3.8, 4) is 5.75 Å². The Hall–Kier alpha value is -3.64. The molecule has 2 heterocycles. The molecule has 0 bridgehead atoms. The van der Waals surface area contributed by atoms with Crippen LogP contribution in [0, 0.1) is 19.8 Å². The number of phenols is 1. The van der Waals surface area contributed by atoms with Gasteiger partial charge in [0, 0.05) is 0 Å². The van der Waals surface area contributed by atoms with E-state index in [1.807, 2.05) is 56.3 Å². The highest BCUT2D eigenvalue weighted by Gasteiger charge is 2.60. The Morgan fingerprint density at radius 2 is 1.52 bits per heavy atom. The van der Waals surface area contributed by atoms with Crippen molar-refractivity contribution in [2.24, 2.45) is 5.92 Å². The summed E-state index contributed by atoms with van der Waals surface area (Å²) in [6, 6.07) is 21.2. The van der Waals surface area contributed by atoms with Crippen LogP contribution in [0.3, 0.4) is 0 Å². The molecule has 2 amide bonds. The van der Waals surface area contributed by atoms with Gasteiger partial charge in [0.2, 0.25) is 5.91 Å². The second kappa shape index (κ2) is 7.25. The van der Waals surface area contributed by atoms with Crippen LogP contribution in [-0.4, -0.2) is 23.0 Å². The molecule has 0 spiro atoms. The van der Waals surface area contributed by atoms with Crippen LogP contribution in [0.15, 0.2) is 72.8 Å². The number of nitrogens with zero attached hydrogens (tertiary/aromatic N) is 2. The Morgan fingerprint density at radius 3 is 2.19 bits per heavy atom. The third kappa shape index (κ3) is 3.07. The molecule has 0 aromatic heterocycles. The van der Waals surface area contributed by atoms with Gasteiger partial charge in [0.15, 0.2) is 6.10 Å². The SMILES string of the molecule is Cc1ccc(N2C(=O)[C@H]3[C@H](ON(c4ccccc4)[C@@H]3c3ccc(O)cc3)C2=O)cc1C. The van der Waals surface area contributed by atoms with Crippen LogP contribution in [0.25, 0.3) is 0 Å². The fourth-order valence-corrected chi connectivity index (χ4v) is 4.34. The number of hydrogen-bond acceptors (Lipinski definition) is 5. The number of aryl methyl sites for hydroxylation is 2. The first-order chi connectivity index (χ1) is 15.0. The van der Waals surface area contributed by atoms with Crippen molar-refractivity contribution in [3.05, 3.63) is 89.5 Å². The third-order valence-corrected chi connectivity index (χ3v) is 6.11. The number of fused-ring (bicyclic) bond motifs is 1. The summed E-state index contributed by atoms with van der Waals surface area (Å²) in [4.78, 5) is 34.2. The maximum atomic E-state index is 13.6. The minimum absolute atomic E-state index is 0.135. The summed E-state index contributed by atoms with van der Waals surface area (Å²) >= 11 is 0. The van der Waals surface area contributed by atoms with Crippen molar-refractivity contribution in [2.75, 3.05) is 9.96 Å². The van der Waals surface area contributed by atoms with E-state index in [1.165, 1.54) is 4.90 Å². The molecule has 6 heteroatoms. The second-order valence-electron chi connectivity index (χ2n) is 8.03. The summed E-state index contributed by atoms with van der Waals surface area (Å²) in [6.45, 7) is 3.95. The quantitative estimate of drug-likeness (QED) is 0.655. The smallest absolute Gasteiger partial charge is 0.266 e. The van der Waals surface area contributed by atoms with E-state index in [2.05, 4.69) is 0 Å². The Labute approximate surface area is 180 Å². The maximum absolute atomic E-state index is 13.6. The van der Waals surface area contributed by atoms with Gasteiger partial charge < -0.3 is 5.11 Å². The highest BCUT2D eigenvalue weighted by molar-refractivity contribution is 6.24. The molecule has 2 saturated heterocycles. The van der Waals surface area contributed by atoms with Crippen molar-refractivity contribution in [1.29, 1.82) is 0 Å². The summed E-state index contributed by atoms with van der Waals surface area (Å²) < 4.78 is 0. The maximum Gasteiger partial charge on any atom is 0.266 e. The standard InChI is InChI=1S/C25H22N2O4/c1-15-8-11-19(14-16(15)2)26-24(29)21-22(17-9-12-20(28)13-10-17)27(31-23(21)25(26)30)18-6-4-3-5-7-18/h3-14,21-23,28H,1-2H3/t21-,22-,23+/m1/s1. The molecule has 3 atom stereocenters. The largest absolute Gasteiger partial charge is 0.508 e. The molecule has 2 fully saturated rings. The number of rotatable bonds is 3. The van der Waals surface area contributed by atoms with Crippen molar-refractivity contribution in [2.45, 2.75) is 26.0 Å². The lowest BCUT2D eigenvalue weighted by Gasteiger charge is -2.28. The molecule has 0 unspecified atom stereocenters. The first kappa shape index (κ1) is 19.3. The van der Waals surface area contributed by atoms with Crippen molar-refractivity contribution in [3.63, 3.8) is 0 Å². The molecule has 3 aromatic rings. The number of carbonyl (C=O) groups excluding carboxylic acids is 2. The number of amides is 2. The Balaban J connectivity index is 1.58. The fraction of sp³-hybridized carbons (Fsp3) is 0.200. The molecular formula is C25H22N2O4. The molecule has 2 aliphatic rings. The molecule has 0 saturated carbocycles. The Morgan fingerprint density at radius 1 is 0.806 bits per heavy atom. The van der Waals surface area contributed by atoms with Crippen LogP contribution in [0.2, 0.25) is 0 Å². The van der Waals surface area contributed by atoms with E-state index < -0.39 is 18.1 Å². The van der Waals surface area contributed by atoms with E-state index in [-0.39, 0.29) is 17.6 Å². The Bertz CT molecular complexity index is 1160. The lowest BCUT2D eigenvalue weighted by atomic mass is 9.90. The number of anilines is 2. The highest BCUT2D eigenvalue weighted by Crippen LogP contribution is 2.47. The molecule has 6 nitrogen and oxygen atoms in total. The number of para-hydroxylation sites is 1. The number of hydroxylamine groups is 1. The predicted molar refractivity (Wildman–Crippen MR) is 117 cm³/mol. The van der Waals surface area contributed by atoms with E-state index in [0.717, 1.165) is 22.4 Å². The second-order valence-corrected chi connectivity index (χ2v) is 8.03. The average molecular weight is 414 g/mol. The summed E-state index contributed by atoms with van der Waals surface area (Å²) in [6.07, 6.45) is -0.909. The number of aromatic hydroxyl groups is 1. The summed E-state index contributed by atoms with van der Waals surface area (Å²) in [5, 5.41) is 11.4. The van der Waals surface area contributed by atoms with E-state index in [1.54, 1.807) is 35.4 Å². The lowest BCUT2D eigenvalue weighted by Crippen LogP contribution is -2.37. The highest BCUT2D eigenvalue weighted by atomic mass is 16.7. The molecule has 31 heavy (non-hydrogen) atoms. The Kier molecular flexibility index (Phi) is 4.52. The van der Waals surface area contributed by atoms with Crippen LogP contribution < -0.4 is 9.96 Å². The molecule has 0 radical (unpaired) electrons. The van der Waals surface area contributed by atoms with E-state index in [0.29, 0.717) is 5.69 Å². The van der Waals surface area contributed by atoms with Gasteiger partial charge in [-0.25, -0.2) is 9.96 Å². The normalized spacial score (nSPS) is 22.8. The fourth-order valence-electron chi connectivity index (χ4n) is 4.34. The summed E-state index contributed by atoms with van der Waals surface area (Å²) in [5.74, 6) is -1.20. The van der Waals surface area contributed by atoms with E-state index in [4.69, 9.17) is 4.84 Å². The van der Waals surface area contributed by atoms with Gasteiger partial charge in [-0.3, -0.25) is 14.4 Å². The average Bonchev–Trinajstić information content (AvgIpc) is 3.28. The van der Waals surface area contributed by atoms with Gasteiger partial charge in [0.1, 0.15) is 11.7 Å². The number of hydrogen-bond donors (Lipinski definition) is 1. The van der Waals surface area contributed by atoms with Crippen LogP contribution in [-0.2, 0) is 14.4 Å². The van der Waals surface area contributed by atoms with Gasteiger partial charge in [0.25, 0.3) is 5.91 Å². The number of benzene rings is 3. The minimum Gasteiger partial charge on any atom is -0.508 e. The number of carbonyl (C=O) groups is 2. The van der Waals surface area contributed by atoms with Gasteiger partial charge in [0.05, 0.1) is 17.4 Å². The predicted octanol–water partition coefficient (Wildman–Crippen LogP) is 4.06. The lowest BCUT2D eigenvalue weighted by molar-refractivity contribution is -0.126. The zero-order valence-corrected chi connectivity index (χ0v) is 17.2. The first-order valence-electron chi connectivity index (χ1n) is 10.2.